The van der Waals surface area contributed by atoms with E-state index in [0.29, 0.717) is 5.17 Å². The van der Waals surface area contributed by atoms with Gasteiger partial charge in [-0.2, -0.15) is 15.1 Å². The predicted molar refractivity (Wildman–Crippen MR) is 140 cm³/mol. The third kappa shape index (κ3) is 3.62. The summed E-state index contributed by atoms with van der Waals surface area (Å²) < 4.78 is 2.19. The molecule has 2 aromatic carbocycles. The van der Waals surface area contributed by atoms with Crippen LogP contribution >= 0.6 is 11.8 Å². The van der Waals surface area contributed by atoms with Crippen molar-refractivity contribution in [3.05, 3.63) is 93.3 Å². The zero-order chi connectivity index (χ0) is 24.1. The number of carbonyl (C=O) groups excluding carboxylic acids is 1. The summed E-state index contributed by atoms with van der Waals surface area (Å²) in [6, 6.07) is 16.4. The van der Waals surface area contributed by atoms with Crippen molar-refractivity contribution >= 4 is 39.8 Å². The van der Waals surface area contributed by atoms with Crippen molar-refractivity contribution in [1.29, 1.82) is 5.41 Å². The van der Waals surface area contributed by atoms with Crippen LogP contribution in [0.5, 0.6) is 0 Å². The molecule has 1 amide bonds. The molecule has 7 heteroatoms. The molecule has 0 spiro atoms. The van der Waals surface area contributed by atoms with Gasteiger partial charge in [0.15, 0.2) is 5.84 Å². The second-order valence-electron chi connectivity index (χ2n) is 8.69. The number of aliphatic imine (C=N–C) groups is 1. The van der Waals surface area contributed by atoms with E-state index in [9.17, 15) is 4.79 Å². The van der Waals surface area contributed by atoms with Gasteiger partial charge in [0.2, 0.25) is 5.17 Å². The van der Waals surface area contributed by atoms with Gasteiger partial charge in [0.05, 0.1) is 5.57 Å². The first-order valence-electron chi connectivity index (χ1n) is 11.1. The number of benzene rings is 2. The monoisotopic (exact) mass is 467 g/mol. The molecular formula is C27H25N5OS. The molecule has 2 aliphatic rings. The van der Waals surface area contributed by atoms with Crippen LogP contribution in [0.25, 0.3) is 11.8 Å². The van der Waals surface area contributed by atoms with E-state index in [2.05, 4.69) is 53.6 Å². The summed E-state index contributed by atoms with van der Waals surface area (Å²) in [7, 11) is 0. The smallest absolute Gasteiger partial charge is 0.283 e. The lowest BCUT2D eigenvalue weighted by molar-refractivity contribution is -0.114. The fourth-order valence-electron chi connectivity index (χ4n) is 4.43. The van der Waals surface area contributed by atoms with Crippen LogP contribution in [0.4, 0.5) is 0 Å². The molecule has 6 nitrogen and oxygen atoms in total. The minimum Gasteiger partial charge on any atom is -0.318 e. The summed E-state index contributed by atoms with van der Waals surface area (Å²) in [5.74, 6) is -0.372. The van der Waals surface area contributed by atoms with Gasteiger partial charge in [-0.3, -0.25) is 10.2 Å². The van der Waals surface area contributed by atoms with Gasteiger partial charge >= 0.3 is 0 Å². The van der Waals surface area contributed by atoms with Crippen molar-refractivity contribution in [2.75, 3.05) is 0 Å². The Hall–Kier alpha value is -3.71. The first-order chi connectivity index (χ1) is 16.2. The summed E-state index contributed by atoms with van der Waals surface area (Å²) in [6.45, 7) is 10.3. The quantitative estimate of drug-likeness (QED) is 0.503. The van der Waals surface area contributed by atoms with Gasteiger partial charge < -0.3 is 4.57 Å². The number of nitrogens with zero attached hydrogens (tertiary/aromatic N) is 4. The van der Waals surface area contributed by atoms with Crippen LogP contribution < -0.4 is 0 Å². The molecule has 0 saturated heterocycles. The second kappa shape index (κ2) is 8.25. The summed E-state index contributed by atoms with van der Waals surface area (Å²) in [5.41, 5.74) is 8.77. The van der Waals surface area contributed by atoms with Crippen LogP contribution in [0.3, 0.4) is 0 Å². The average Bonchev–Trinajstić information content (AvgIpc) is 3.32. The molecule has 3 aromatic rings. The van der Waals surface area contributed by atoms with E-state index in [-0.39, 0.29) is 11.4 Å². The van der Waals surface area contributed by atoms with Crippen molar-refractivity contribution in [3.63, 3.8) is 0 Å². The number of aromatic nitrogens is 1. The Balaban J connectivity index is 1.53. The van der Waals surface area contributed by atoms with Crippen LogP contribution in [0.15, 0.2) is 64.2 Å². The Morgan fingerprint density at radius 1 is 0.971 bits per heavy atom. The SMILES string of the molecule is Cc1ccc(-n2c(C)cc(C=C3C(=N)N4N=C(c5ccccc5C)SC4=NC3=O)c2C)c(C)c1. The van der Waals surface area contributed by atoms with Crippen molar-refractivity contribution in [2.45, 2.75) is 34.6 Å². The molecule has 0 aliphatic carbocycles. The van der Waals surface area contributed by atoms with Crippen LogP contribution in [0, 0.1) is 40.0 Å². The third-order valence-electron chi connectivity index (χ3n) is 6.19. The maximum absolute atomic E-state index is 12.9. The fourth-order valence-corrected chi connectivity index (χ4v) is 5.41. The number of aryl methyl sites for hydroxylation is 4. The molecule has 5 rings (SSSR count). The Kier molecular flexibility index (Phi) is 5.37. The first-order valence-corrected chi connectivity index (χ1v) is 11.9. The normalized spacial score (nSPS) is 16.7. The van der Waals surface area contributed by atoms with E-state index in [4.69, 9.17) is 5.41 Å². The molecule has 0 bridgehead atoms. The van der Waals surface area contributed by atoms with Crippen LogP contribution in [0.1, 0.15) is 39.2 Å². The lowest BCUT2D eigenvalue weighted by Crippen LogP contribution is -2.35. The summed E-state index contributed by atoms with van der Waals surface area (Å²) >= 11 is 1.32. The topological polar surface area (TPSA) is 73.8 Å². The van der Waals surface area contributed by atoms with Gasteiger partial charge in [0, 0.05) is 22.6 Å². The van der Waals surface area contributed by atoms with E-state index >= 15 is 0 Å². The number of thioether (sulfide) groups is 1. The molecule has 2 aliphatic heterocycles. The number of hydrazone groups is 1. The molecule has 0 fully saturated rings. The molecule has 0 atom stereocenters. The number of hydrogen-bond acceptors (Lipinski definition) is 4. The number of amidine groups is 2. The standard InChI is InChI=1S/C27H25N5OS/c1-15-10-11-23(17(3)12-15)31-18(4)13-20(19(31)5)14-22-24(28)32-27(29-25(22)33)34-26(30-32)21-9-7-6-8-16(21)2/h6-14,28H,1-5H3. The molecule has 0 unspecified atom stereocenters. The number of rotatable bonds is 3. The van der Waals surface area contributed by atoms with Gasteiger partial charge in [-0.15, -0.1) is 0 Å². The van der Waals surface area contributed by atoms with Crippen molar-refractivity contribution in [1.82, 2.24) is 9.58 Å². The number of fused-ring (bicyclic) bond motifs is 1. The largest absolute Gasteiger partial charge is 0.318 e. The number of carbonyl (C=O) groups is 1. The summed E-state index contributed by atoms with van der Waals surface area (Å²) in [6.07, 6.45) is 1.76. The zero-order valence-electron chi connectivity index (χ0n) is 19.8. The van der Waals surface area contributed by atoms with Gasteiger partial charge in [0.25, 0.3) is 5.91 Å². The average molecular weight is 468 g/mol. The van der Waals surface area contributed by atoms with Gasteiger partial charge in [-0.1, -0.05) is 42.0 Å². The highest BCUT2D eigenvalue weighted by atomic mass is 32.2. The van der Waals surface area contributed by atoms with E-state index < -0.39 is 5.91 Å². The van der Waals surface area contributed by atoms with Crippen molar-refractivity contribution < 1.29 is 4.79 Å². The lowest BCUT2D eigenvalue weighted by atomic mass is 10.1. The highest BCUT2D eigenvalue weighted by Crippen LogP contribution is 2.33. The van der Waals surface area contributed by atoms with E-state index in [1.807, 2.05) is 44.2 Å². The van der Waals surface area contributed by atoms with E-state index in [1.54, 1.807) is 6.08 Å². The van der Waals surface area contributed by atoms with E-state index in [0.717, 1.165) is 38.8 Å². The molecular weight excluding hydrogens is 442 g/mol. The number of amides is 1. The minimum atomic E-state index is -0.415. The van der Waals surface area contributed by atoms with Crippen LogP contribution in [-0.2, 0) is 4.79 Å². The highest BCUT2D eigenvalue weighted by molar-refractivity contribution is 8.27. The fraction of sp³-hybridized carbons (Fsp3) is 0.185. The van der Waals surface area contributed by atoms with Crippen LogP contribution in [-0.4, -0.2) is 31.5 Å². The Bertz CT molecular complexity index is 1470. The predicted octanol–water partition coefficient (Wildman–Crippen LogP) is 5.69. The summed E-state index contributed by atoms with van der Waals surface area (Å²) in [5, 5.41) is 16.0. The maximum Gasteiger partial charge on any atom is 0.283 e. The zero-order valence-corrected chi connectivity index (χ0v) is 20.6. The number of hydrogen-bond donors (Lipinski definition) is 1. The van der Waals surface area contributed by atoms with Crippen molar-refractivity contribution in [3.8, 4) is 5.69 Å². The lowest BCUT2D eigenvalue weighted by Gasteiger charge is -2.20. The Morgan fingerprint density at radius 2 is 1.74 bits per heavy atom. The molecule has 3 heterocycles. The number of nitrogens with one attached hydrogen (secondary N) is 1. The molecule has 1 aromatic heterocycles. The maximum atomic E-state index is 12.9. The second-order valence-corrected chi connectivity index (χ2v) is 9.65. The minimum absolute atomic E-state index is 0.0439. The van der Waals surface area contributed by atoms with Crippen LogP contribution in [0.2, 0.25) is 0 Å². The first kappa shape index (κ1) is 22.1. The van der Waals surface area contributed by atoms with E-state index in [1.165, 1.54) is 27.9 Å². The molecule has 0 saturated carbocycles. The van der Waals surface area contributed by atoms with Gasteiger partial charge in [0.1, 0.15) is 5.04 Å². The molecule has 170 valence electrons. The Labute approximate surface area is 203 Å². The third-order valence-corrected chi connectivity index (χ3v) is 7.14. The van der Waals surface area contributed by atoms with Gasteiger partial charge in [-0.05, 0) is 81.3 Å². The molecule has 1 N–H and O–H groups in total. The summed E-state index contributed by atoms with van der Waals surface area (Å²) in [4.78, 5) is 17.2. The van der Waals surface area contributed by atoms with Crippen molar-refractivity contribution in [2.24, 2.45) is 10.1 Å². The molecule has 0 radical (unpaired) electrons. The molecule has 34 heavy (non-hydrogen) atoms. The highest BCUT2D eigenvalue weighted by Gasteiger charge is 2.36. The Morgan fingerprint density at radius 3 is 2.47 bits per heavy atom. The van der Waals surface area contributed by atoms with Gasteiger partial charge in [-0.25, -0.2) is 0 Å².